The number of ether oxygens (including phenoxy) is 1. The first-order chi connectivity index (χ1) is 7.95. The molecule has 0 spiro atoms. The number of rotatable bonds is 6. The number of esters is 1. The second-order valence-electron chi connectivity index (χ2n) is 5.08. The highest BCUT2D eigenvalue weighted by Crippen LogP contribution is 2.18. The molecule has 0 aromatic carbocycles. The number of carbonyl (C=O) groups excluding carboxylic acids is 1. The Bertz CT molecular complexity index is 344. The number of likely N-dealkylation sites (N-methyl/N-ethyl adjacent to an activating group) is 1. The number of hydrogen-bond acceptors (Lipinski definition) is 3. The zero-order chi connectivity index (χ0) is 12.9. The van der Waals surface area contributed by atoms with E-state index in [0.29, 0.717) is 6.54 Å². The summed E-state index contributed by atoms with van der Waals surface area (Å²) in [5.41, 5.74) is 0.828. The highest BCUT2D eigenvalue weighted by molar-refractivity contribution is 5.76. The summed E-state index contributed by atoms with van der Waals surface area (Å²) in [4.78, 5) is 16.7. The van der Waals surface area contributed by atoms with E-state index in [1.807, 2.05) is 33.3 Å². The van der Waals surface area contributed by atoms with E-state index >= 15 is 0 Å². The molecule has 1 aromatic heterocycles. The molecule has 0 saturated carbocycles. The minimum atomic E-state index is -0.457. The highest BCUT2D eigenvalue weighted by Gasteiger charge is 2.29. The van der Waals surface area contributed by atoms with E-state index in [4.69, 9.17) is 4.74 Å². The van der Waals surface area contributed by atoms with Crippen LogP contribution in [-0.2, 0) is 16.0 Å². The summed E-state index contributed by atoms with van der Waals surface area (Å²) < 4.78 is 4.80. The molecular weight excluding hydrogens is 216 g/mol. The quantitative estimate of drug-likeness (QED) is 0.767. The maximum absolute atomic E-state index is 11.5. The van der Waals surface area contributed by atoms with Gasteiger partial charge in [-0.3, -0.25) is 4.79 Å². The van der Waals surface area contributed by atoms with Gasteiger partial charge in [0.25, 0.3) is 0 Å². The third-order valence-corrected chi connectivity index (χ3v) is 2.85. The van der Waals surface area contributed by atoms with Gasteiger partial charge in [-0.25, -0.2) is 0 Å². The van der Waals surface area contributed by atoms with Crippen LogP contribution in [-0.4, -0.2) is 43.1 Å². The van der Waals surface area contributed by atoms with Crippen molar-refractivity contribution >= 4 is 5.97 Å². The summed E-state index contributed by atoms with van der Waals surface area (Å²) >= 11 is 0. The first kappa shape index (κ1) is 13.8. The number of methoxy groups -OCH3 is 1. The van der Waals surface area contributed by atoms with Crippen molar-refractivity contribution in [2.75, 3.05) is 27.2 Å². The van der Waals surface area contributed by atoms with E-state index in [2.05, 4.69) is 16.0 Å². The molecule has 0 saturated heterocycles. The summed E-state index contributed by atoms with van der Waals surface area (Å²) in [6.07, 6.45) is 4.91. The van der Waals surface area contributed by atoms with Gasteiger partial charge in [-0.2, -0.15) is 0 Å². The Labute approximate surface area is 103 Å². The predicted molar refractivity (Wildman–Crippen MR) is 67.8 cm³/mol. The molecule has 0 unspecified atom stereocenters. The first-order valence-corrected chi connectivity index (χ1v) is 5.84. The van der Waals surface area contributed by atoms with Crippen LogP contribution in [0.2, 0.25) is 0 Å². The van der Waals surface area contributed by atoms with E-state index < -0.39 is 5.41 Å². The number of aromatic amines is 1. The van der Waals surface area contributed by atoms with Gasteiger partial charge in [0.05, 0.1) is 12.5 Å². The lowest BCUT2D eigenvalue weighted by Gasteiger charge is -2.27. The van der Waals surface area contributed by atoms with Crippen molar-refractivity contribution in [1.29, 1.82) is 0 Å². The van der Waals surface area contributed by atoms with E-state index in [1.54, 1.807) is 0 Å². The van der Waals surface area contributed by atoms with Crippen molar-refractivity contribution < 1.29 is 9.53 Å². The topological polar surface area (TPSA) is 45.3 Å². The number of nitrogens with one attached hydrogen (secondary N) is 1. The molecule has 0 aliphatic rings. The summed E-state index contributed by atoms with van der Waals surface area (Å²) in [6.45, 7) is 5.44. The number of carbonyl (C=O) groups is 1. The minimum absolute atomic E-state index is 0.161. The Balaban J connectivity index is 2.38. The van der Waals surface area contributed by atoms with Gasteiger partial charge in [0.1, 0.15) is 0 Å². The molecule has 96 valence electrons. The number of H-pyrrole nitrogens is 1. The molecular formula is C13H22N2O2. The average molecular weight is 238 g/mol. The summed E-state index contributed by atoms with van der Waals surface area (Å²) in [6, 6.07) is 2.07. The summed E-state index contributed by atoms with van der Waals surface area (Å²) in [5.74, 6) is -0.161. The molecule has 1 N–H and O–H groups in total. The van der Waals surface area contributed by atoms with Gasteiger partial charge < -0.3 is 14.6 Å². The van der Waals surface area contributed by atoms with Crippen LogP contribution in [0.4, 0.5) is 0 Å². The van der Waals surface area contributed by atoms with Crippen LogP contribution in [0.25, 0.3) is 0 Å². The molecule has 4 heteroatoms. The number of hydrogen-bond donors (Lipinski definition) is 1. The highest BCUT2D eigenvalue weighted by atomic mass is 16.5. The second kappa shape index (κ2) is 5.87. The van der Waals surface area contributed by atoms with Crippen LogP contribution in [0.15, 0.2) is 18.5 Å². The van der Waals surface area contributed by atoms with Crippen molar-refractivity contribution in [1.82, 2.24) is 9.88 Å². The lowest BCUT2D eigenvalue weighted by molar-refractivity contribution is -0.151. The van der Waals surface area contributed by atoms with Crippen LogP contribution in [0.3, 0.4) is 0 Å². The fourth-order valence-electron chi connectivity index (χ4n) is 1.93. The molecule has 4 nitrogen and oxygen atoms in total. The third-order valence-electron chi connectivity index (χ3n) is 2.85. The van der Waals surface area contributed by atoms with Gasteiger partial charge in [0, 0.05) is 25.5 Å². The van der Waals surface area contributed by atoms with Crippen LogP contribution < -0.4 is 0 Å². The van der Waals surface area contributed by atoms with E-state index in [0.717, 1.165) is 13.0 Å². The predicted octanol–water partition coefficient (Wildman–Crippen LogP) is 1.69. The normalized spacial score (nSPS) is 11.8. The molecule has 0 aliphatic heterocycles. The summed E-state index contributed by atoms with van der Waals surface area (Å²) in [5, 5.41) is 0. The molecule has 17 heavy (non-hydrogen) atoms. The Hall–Kier alpha value is -1.29. The van der Waals surface area contributed by atoms with Gasteiger partial charge >= 0.3 is 5.97 Å². The lowest BCUT2D eigenvalue weighted by Crippen LogP contribution is -2.38. The molecule has 0 amide bonds. The monoisotopic (exact) mass is 238 g/mol. The smallest absolute Gasteiger partial charge is 0.312 e. The van der Waals surface area contributed by atoms with Gasteiger partial charge in [-0.05, 0) is 38.9 Å². The van der Waals surface area contributed by atoms with Crippen LogP contribution in [0, 0.1) is 5.41 Å². The SMILES string of the molecule is COC(=O)C(C)(C)CN(C)CCc1cc[nH]c1. The maximum Gasteiger partial charge on any atom is 0.312 e. The van der Waals surface area contributed by atoms with Crippen LogP contribution in [0.1, 0.15) is 19.4 Å². The Morgan fingerprint density at radius 1 is 1.53 bits per heavy atom. The fourth-order valence-corrected chi connectivity index (χ4v) is 1.93. The molecule has 0 bridgehead atoms. The van der Waals surface area contributed by atoms with E-state index in [9.17, 15) is 4.79 Å². The van der Waals surface area contributed by atoms with E-state index in [1.165, 1.54) is 12.7 Å². The molecule has 1 heterocycles. The van der Waals surface area contributed by atoms with Gasteiger partial charge in [0.2, 0.25) is 0 Å². The molecule has 0 radical (unpaired) electrons. The molecule has 1 rings (SSSR count). The minimum Gasteiger partial charge on any atom is -0.469 e. The Morgan fingerprint density at radius 3 is 2.76 bits per heavy atom. The van der Waals surface area contributed by atoms with Gasteiger partial charge in [-0.1, -0.05) is 0 Å². The molecule has 0 atom stereocenters. The van der Waals surface area contributed by atoms with Crippen molar-refractivity contribution in [2.45, 2.75) is 20.3 Å². The standard InChI is InChI=1S/C13H22N2O2/c1-13(2,12(16)17-4)10-15(3)8-6-11-5-7-14-9-11/h5,7,9,14H,6,8,10H2,1-4H3. The zero-order valence-corrected chi connectivity index (χ0v) is 11.1. The Morgan fingerprint density at radius 2 is 2.24 bits per heavy atom. The van der Waals surface area contributed by atoms with Crippen LogP contribution in [0.5, 0.6) is 0 Å². The number of aromatic nitrogens is 1. The maximum atomic E-state index is 11.5. The third kappa shape index (κ3) is 4.23. The first-order valence-electron chi connectivity index (χ1n) is 5.84. The van der Waals surface area contributed by atoms with Crippen LogP contribution >= 0.6 is 0 Å². The van der Waals surface area contributed by atoms with E-state index in [-0.39, 0.29) is 5.97 Å². The molecule has 1 aromatic rings. The lowest BCUT2D eigenvalue weighted by atomic mass is 9.93. The second-order valence-corrected chi connectivity index (χ2v) is 5.08. The summed E-state index contributed by atoms with van der Waals surface area (Å²) in [7, 11) is 3.46. The average Bonchev–Trinajstić information content (AvgIpc) is 2.77. The zero-order valence-electron chi connectivity index (χ0n) is 11.1. The van der Waals surface area contributed by atoms with Crippen molar-refractivity contribution in [3.05, 3.63) is 24.0 Å². The number of nitrogens with zero attached hydrogens (tertiary/aromatic N) is 1. The molecule has 0 aliphatic carbocycles. The van der Waals surface area contributed by atoms with Gasteiger partial charge in [-0.15, -0.1) is 0 Å². The fraction of sp³-hybridized carbons (Fsp3) is 0.615. The van der Waals surface area contributed by atoms with Crippen molar-refractivity contribution in [2.24, 2.45) is 5.41 Å². The van der Waals surface area contributed by atoms with Gasteiger partial charge in [0.15, 0.2) is 0 Å². The van der Waals surface area contributed by atoms with Crippen molar-refractivity contribution in [3.63, 3.8) is 0 Å². The largest absolute Gasteiger partial charge is 0.469 e. The molecule has 0 fully saturated rings. The van der Waals surface area contributed by atoms with Crippen molar-refractivity contribution in [3.8, 4) is 0 Å². The Kier molecular flexibility index (Phi) is 4.75.